The lowest BCUT2D eigenvalue weighted by molar-refractivity contribution is -0.128. The first-order valence-electron chi connectivity index (χ1n) is 9.43. The van der Waals surface area contributed by atoms with E-state index in [4.69, 9.17) is 9.47 Å². The first kappa shape index (κ1) is 21.4. The fourth-order valence-corrected chi connectivity index (χ4v) is 2.48. The molecule has 0 radical (unpaired) electrons. The van der Waals surface area contributed by atoms with Gasteiger partial charge in [-0.05, 0) is 72.7 Å². The van der Waals surface area contributed by atoms with Crippen LogP contribution in [0.5, 0.6) is 11.5 Å². The van der Waals surface area contributed by atoms with Gasteiger partial charge in [0.15, 0.2) is 0 Å². The minimum Gasteiger partial charge on any atom is -0.497 e. The van der Waals surface area contributed by atoms with Gasteiger partial charge in [-0.15, -0.1) is 0 Å². The minimum absolute atomic E-state index is 0.349. The number of methoxy groups -OCH3 is 1. The molecule has 0 aliphatic heterocycles. The molecule has 7 heteroatoms. The molecule has 31 heavy (non-hydrogen) atoms. The SMILES string of the molecule is COc1ccc(C=CC(=O)Oc2ccc(C=NNC(=O)c3ccc(C)nc3)cc2)cc1. The molecule has 0 unspecified atom stereocenters. The molecule has 3 rings (SSSR count). The molecule has 0 aliphatic rings. The van der Waals surface area contributed by atoms with Crippen LogP contribution in [0.4, 0.5) is 0 Å². The monoisotopic (exact) mass is 415 g/mol. The molecular formula is C24H21N3O4. The van der Waals surface area contributed by atoms with Gasteiger partial charge in [0.1, 0.15) is 11.5 Å². The lowest BCUT2D eigenvalue weighted by Gasteiger charge is -2.02. The third-order valence-corrected chi connectivity index (χ3v) is 4.18. The van der Waals surface area contributed by atoms with Gasteiger partial charge in [-0.2, -0.15) is 5.10 Å². The lowest BCUT2D eigenvalue weighted by Crippen LogP contribution is -2.17. The Kier molecular flexibility index (Phi) is 7.26. The predicted octanol–water partition coefficient (Wildman–Crippen LogP) is 3.78. The maximum atomic E-state index is 12.0. The molecule has 7 nitrogen and oxygen atoms in total. The molecule has 0 saturated carbocycles. The van der Waals surface area contributed by atoms with E-state index in [1.54, 1.807) is 49.6 Å². The summed E-state index contributed by atoms with van der Waals surface area (Å²) in [6.45, 7) is 1.85. The summed E-state index contributed by atoms with van der Waals surface area (Å²) in [5, 5.41) is 3.93. The Morgan fingerprint density at radius 2 is 1.61 bits per heavy atom. The molecule has 3 aromatic rings. The van der Waals surface area contributed by atoms with Gasteiger partial charge in [0.25, 0.3) is 5.91 Å². The average molecular weight is 415 g/mol. The standard InChI is InChI=1S/C24H21N3O4/c1-17-3-9-20(16-25-17)24(29)27-26-15-19-6-12-22(13-7-19)31-23(28)14-8-18-4-10-21(30-2)11-5-18/h3-16H,1-2H3,(H,27,29). The molecule has 1 amide bonds. The van der Waals surface area contributed by atoms with E-state index >= 15 is 0 Å². The number of hydrogen-bond donors (Lipinski definition) is 1. The largest absolute Gasteiger partial charge is 0.497 e. The van der Waals surface area contributed by atoms with E-state index < -0.39 is 5.97 Å². The molecule has 1 N–H and O–H groups in total. The number of hydrazone groups is 1. The zero-order valence-electron chi connectivity index (χ0n) is 17.1. The van der Waals surface area contributed by atoms with Crippen molar-refractivity contribution in [2.24, 2.45) is 5.10 Å². The topological polar surface area (TPSA) is 89.9 Å². The molecule has 0 spiro atoms. The normalized spacial score (nSPS) is 10.9. The number of benzene rings is 2. The molecule has 0 fully saturated rings. The van der Waals surface area contributed by atoms with Crippen LogP contribution in [0, 0.1) is 6.92 Å². The van der Waals surface area contributed by atoms with Crippen molar-refractivity contribution in [3.05, 3.63) is 95.3 Å². The highest BCUT2D eigenvalue weighted by atomic mass is 16.5. The Labute approximate surface area is 180 Å². The van der Waals surface area contributed by atoms with E-state index in [0.29, 0.717) is 11.3 Å². The van der Waals surface area contributed by atoms with Crippen molar-refractivity contribution < 1.29 is 19.1 Å². The molecule has 1 aromatic heterocycles. The van der Waals surface area contributed by atoms with Crippen molar-refractivity contribution in [2.75, 3.05) is 7.11 Å². The molecule has 0 bridgehead atoms. The van der Waals surface area contributed by atoms with Crippen molar-refractivity contribution in [1.29, 1.82) is 0 Å². The van der Waals surface area contributed by atoms with Crippen LogP contribution in [0.15, 0.2) is 78.0 Å². The molecule has 2 aromatic carbocycles. The van der Waals surface area contributed by atoms with Gasteiger partial charge in [-0.3, -0.25) is 9.78 Å². The Bertz CT molecular complexity index is 1090. The van der Waals surface area contributed by atoms with Crippen molar-refractivity contribution in [1.82, 2.24) is 10.4 Å². The summed E-state index contributed by atoms with van der Waals surface area (Å²) in [4.78, 5) is 28.0. The molecule has 0 aliphatic carbocycles. The number of nitrogens with one attached hydrogen (secondary N) is 1. The molecular weight excluding hydrogens is 394 g/mol. The molecule has 156 valence electrons. The highest BCUT2D eigenvalue weighted by Gasteiger charge is 2.04. The number of rotatable bonds is 7. The van der Waals surface area contributed by atoms with E-state index in [1.807, 2.05) is 31.2 Å². The van der Waals surface area contributed by atoms with Crippen LogP contribution in [0.2, 0.25) is 0 Å². The second-order valence-corrected chi connectivity index (χ2v) is 6.48. The molecule has 0 atom stereocenters. The fourth-order valence-electron chi connectivity index (χ4n) is 2.48. The quantitative estimate of drug-likeness (QED) is 0.209. The van der Waals surface area contributed by atoms with E-state index in [0.717, 1.165) is 22.6 Å². The van der Waals surface area contributed by atoms with Crippen LogP contribution in [-0.2, 0) is 4.79 Å². The first-order chi connectivity index (χ1) is 15.0. The number of carbonyl (C=O) groups excluding carboxylic acids is 2. The van der Waals surface area contributed by atoms with Gasteiger partial charge in [0.05, 0.1) is 18.9 Å². The van der Waals surface area contributed by atoms with Gasteiger partial charge >= 0.3 is 5.97 Å². The van der Waals surface area contributed by atoms with Gasteiger partial charge in [-0.25, -0.2) is 10.2 Å². The van der Waals surface area contributed by atoms with Gasteiger partial charge in [0.2, 0.25) is 0 Å². The van der Waals surface area contributed by atoms with E-state index in [1.165, 1.54) is 18.5 Å². The van der Waals surface area contributed by atoms with Crippen molar-refractivity contribution in [2.45, 2.75) is 6.92 Å². The summed E-state index contributed by atoms with van der Waals surface area (Å²) in [6.07, 6.45) is 6.00. The van der Waals surface area contributed by atoms with Gasteiger partial charge in [0, 0.05) is 18.0 Å². The number of aromatic nitrogens is 1. The third kappa shape index (κ3) is 6.64. The first-order valence-corrected chi connectivity index (χ1v) is 9.43. The Hall–Kier alpha value is -4.26. The van der Waals surface area contributed by atoms with E-state index in [-0.39, 0.29) is 5.91 Å². The Balaban J connectivity index is 1.50. The van der Waals surface area contributed by atoms with Crippen LogP contribution in [0.25, 0.3) is 6.08 Å². The Morgan fingerprint density at radius 1 is 0.935 bits per heavy atom. The van der Waals surface area contributed by atoms with Crippen LogP contribution < -0.4 is 14.9 Å². The van der Waals surface area contributed by atoms with E-state index in [9.17, 15) is 9.59 Å². The van der Waals surface area contributed by atoms with Crippen LogP contribution in [0.1, 0.15) is 27.2 Å². The third-order valence-electron chi connectivity index (χ3n) is 4.18. The van der Waals surface area contributed by atoms with Crippen molar-refractivity contribution >= 4 is 24.2 Å². The highest BCUT2D eigenvalue weighted by molar-refractivity contribution is 5.94. The maximum Gasteiger partial charge on any atom is 0.336 e. The maximum absolute atomic E-state index is 12.0. The number of hydrogen-bond acceptors (Lipinski definition) is 6. The van der Waals surface area contributed by atoms with Gasteiger partial charge < -0.3 is 9.47 Å². The van der Waals surface area contributed by atoms with Crippen LogP contribution >= 0.6 is 0 Å². The zero-order valence-corrected chi connectivity index (χ0v) is 17.1. The van der Waals surface area contributed by atoms with Crippen LogP contribution in [0.3, 0.4) is 0 Å². The fraction of sp³-hybridized carbons (Fsp3) is 0.0833. The average Bonchev–Trinajstić information content (AvgIpc) is 2.79. The van der Waals surface area contributed by atoms with Crippen molar-refractivity contribution in [3.8, 4) is 11.5 Å². The second-order valence-electron chi connectivity index (χ2n) is 6.48. The highest BCUT2D eigenvalue weighted by Crippen LogP contribution is 2.14. The van der Waals surface area contributed by atoms with Crippen LogP contribution in [-0.4, -0.2) is 30.2 Å². The number of carbonyl (C=O) groups is 2. The summed E-state index contributed by atoms with van der Waals surface area (Å²) in [5.74, 6) is 0.306. The number of ether oxygens (including phenoxy) is 2. The molecule has 1 heterocycles. The summed E-state index contributed by atoms with van der Waals surface area (Å²) >= 11 is 0. The predicted molar refractivity (Wildman–Crippen MR) is 118 cm³/mol. The number of pyridine rings is 1. The zero-order chi connectivity index (χ0) is 22.1. The summed E-state index contributed by atoms with van der Waals surface area (Å²) in [5.41, 5.74) is 5.28. The minimum atomic E-state index is -0.490. The van der Waals surface area contributed by atoms with E-state index in [2.05, 4.69) is 15.5 Å². The lowest BCUT2D eigenvalue weighted by atomic mass is 10.2. The van der Waals surface area contributed by atoms with Gasteiger partial charge in [-0.1, -0.05) is 12.1 Å². The number of esters is 1. The number of amides is 1. The second kappa shape index (κ2) is 10.5. The smallest absolute Gasteiger partial charge is 0.336 e. The number of nitrogens with zero attached hydrogens (tertiary/aromatic N) is 2. The van der Waals surface area contributed by atoms with Crippen molar-refractivity contribution in [3.63, 3.8) is 0 Å². The molecule has 0 saturated heterocycles. The summed E-state index contributed by atoms with van der Waals surface area (Å²) in [7, 11) is 1.60. The number of aryl methyl sites for hydroxylation is 1. The Morgan fingerprint density at radius 3 is 2.26 bits per heavy atom. The summed E-state index contributed by atoms with van der Waals surface area (Å²) < 4.78 is 10.4. The summed E-state index contributed by atoms with van der Waals surface area (Å²) in [6, 6.07) is 17.5.